The molecular weight excluding hydrogens is 161 g/mol. The lowest BCUT2D eigenvalue weighted by Gasteiger charge is -2.00. The average Bonchev–Trinajstić information content (AvgIpc) is 1.59. The van der Waals surface area contributed by atoms with E-state index < -0.39 is 14.6 Å². The Morgan fingerprint density at radius 2 is 2.10 bits per heavy atom. The molecule has 0 saturated heterocycles. The van der Waals surface area contributed by atoms with Crippen molar-refractivity contribution < 1.29 is 18.9 Å². The van der Waals surface area contributed by atoms with Crippen molar-refractivity contribution in [2.75, 3.05) is 6.73 Å². The number of hydrogen-bond donors (Lipinski definition) is 4. The molecule has 0 heterocycles. The first-order chi connectivity index (χ1) is 4.42. The lowest BCUT2D eigenvalue weighted by atomic mass is 11.0. The maximum atomic E-state index is 9.93. The number of guanidine groups is 1. The number of hydrogen-bond acceptors (Lipinski definition) is 3. The van der Waals surface area contributed by atoms with E-state index in [1.54, 1.807) is 0 Å². The highest BCUT2D eigenvalue weighted by molar-refractivity contribution is 7.46. The molecule has 0 aliphatic rings. The molecule has 0 amide bonds. The van der Waals surface area contributed by atoms with Crippen LogP contribution < -0.4 is 11.5 Å². The molecule has 7 nitrogen and oxygen atoms in total. The second kappa shape index (κ2) is 3.52. The van der Waals surface area contributed by atoms with Gasteiger partial charge in [0.15, 0.2) is 12.7 Å². The minimum Gasteiger partial charge on any atom is -0.370 e. The number of rotatable bonds is 3. The predicted molar refractivity (Wildman–Crippen MR) is 33.8 cm³/mol. The van der Waals surface area contributed by atoms with Gasteiger partial charge in [-0.15, -0.1) is 0 Å². The largest absolute Gasteiger partial charge is 0.471 e. The standard InChI is InChI=1S/C2H8N3O4P/c3-2(4)5-1-9-10(6,7)8/h1H2,(H4,3,4,5)(H2,6,7,8). The summed E-state index contributed by atoms with van der Waals surface area (Å²) in [4.78, 5) is 19.3. The maximum Gasteiger partial charge on any atom is 0.471 e. The van der Waals surface area contributed by atoms with Crippen molar-refractivity contribution in [1.82, 2.24) is 0 Å². The highest BCUT2D eigenvalue weighted by atomic mass is 31.2. The summed E-state index contributed by atoms with van der Waals surface area (Å²) in [5.74, 6) is -0.284. The molecule has 0 rings (SSSR count). The van der Waals surface area contributed by atoms with Gasteiger partial charge in [0.05, 0.1) is 0 Å². The normalized spacial score (nSPS) is 11.0. The molecular formula is C2H8N3O4P. The highest BCUT2D eigenvalue weighted by Gasteiger charge is 2.11. The Hall–Kier alpha value is -0.620. The third kappa shape index (κ3) is 7.38. The van der Waals surface area contributed by atoms with E-state index in [9.17, 15) is 4.57 Å². The predicted octanol–water partition coefficient (Wildman–Crippen LogP) is -1.67. The molecule has 10 heavy (non-hydrogen) atoms. The average molecular weight is 169 g/mol. The third-order valence-electron chi connectivity index (χ3n) is 0.473. The molecule has 0 saturated carbocycles. The fourth-order valence-electron chi connectivity index (χ4n) is 0.179. The summed E-state index contributed by atoms with van der Waals surface area (Å²) < 4.78 is 13.8. The van der Waals surface area contributed by atoms with Gasteiger partial charge in [-0.3, -0.25) is 4.52 Å². The summed E-state index contributed by atoms with van der Waals surface area (Å²) in [6, 6.07) is 0. The molecule has 0 spiro atoms. The van der Waals surface area contributed by atoms with Crippen LogP contribution in [0.4, 0.5) is 0 Å². The van der Waals surface area contributed by atoms with Gasteiger partial charge in [0.1, 0.15) is 0 Å². The molecule has 0 atom stereocenters. The van der Waals surface area contributed by atoms with Crippen LogP contribution in [0.25, 0.3) is 0 Å². The van der Waals surface area contributed by atoms with E-state index >= 15 is 0 Å². The van der Waals surface area contributed by atoms with Gasteiger partial charge >= 0.3 is 7.82 Å². The quantitative estimate of drug-likeness (QED) is 0.227. The van der Waals surface area contributed by atoms with Gasteiger partial charge in [0, 0.05) is 0 Å². The van der Waals surface area contributed by atoms with E-state index in [-0.39, 0.29) is 5.96 Å². The second-order valence-electron chi connectivity index (χ2n) is 1.33. The smallest absolute Gasteiger partial charge is 0.370 e. The molecule has 0 aliphatic heterocycles. The van der Waals surface area contributed by atoms with E-state index in [4.69, 9.17) is 21.3 Å². The van der Waals surface area contributed by atoms with Crippen molar-refractivity contribution in [2.45, 2.75) is 0 Å². The van der Waals surface area contributed by atoms with E-state index in [0.717, 1.165) is 0 Å². The minimum absolute atomic E-state index is 0.284. The van der Waals surface area contributed by atoms with Crippen LogP contribution in [0, 0.1) is 0 Å². The Morgan fingerprint density at radius 1 is 1.60 bits per heavy atom. The van der Waals surface area contributed by atoms with Crippen molar-refractivity contribution in [3.8, 4) is 0 Å². The van der Waals surface area contributed by atoms with Crippen LogP contribution >= 0.6 is 7.82 Å². The topological polar surface area (TPSA) is 131 Å². The Kier molecular flexibility index (Phi) is 3.31. The van der Waals surface area contributed by atoms with E-state index in [1.165, 1.54) is 0 Å². The first kappa shape index (κ1) is 9.38. The Balaban J connectivity index is 3.58. The molecule has 0 fully saturated rings. The van der Waals surface area contributed by atoms with Crippen LogP contribution in [0.1, 0.15) is 0 Å². The Bertz CT molecular complexity index is 169. The van der Waals surface area contributed by atoms with Crippen molar-refractivity contribution >= 4 is 13.8 Å². The van der Waals surface area contributed by atoms with Gasteiger partial charge in [0.25, 0.3) is 0 Å². The second-order valence-corrected chi connectivity index (χ2v) is 2.57. The number of phosphoric acid groups is 1. The first-order valence-electron chi connectivity index (χ1n) is 2.17. The third-order valence-corrected chi connectivity index (χ3v) is 0.925. The number of aliphatic imine (C=N–C) groups is 1. The summed E-state index contributed by atoms with van der Waals surface area (Å²) >= 11 is 0. The SMILES string of the molecule is NC(N)=NCOP(=O)(O)O. The van der Waals surface area contributed by atoms with Gasteiger partial charge in [-0.1, -0.05) is 0 Å². The van der Waals surface area contributed by atoms with Crippen LogP contribution in [-0.2, 0) is 9.09 Å². The molecule has 0 radical (unpaired) electrons. The number of phosphoric ester groups is 1. The summed E-state index contributed by atoms with van der Waals surface area (Å²) in [6.07, 6.45) is 0. The molecule has 8 heteroatoms. The maximum absolute atomic E-state index is 9.93. The summed E-state index contributed by atoms with van der Waals surface area (Å²) in [5.41, 5.74) is 9.63. The van der Waals surface area contributed by atoms with Crippen LogP contribution in [0.5, 0.6) is 0 Å². The van der Waals surface area contributed by atoms with E-state index in [0.29, 0.717) is 0 Å². The molecule has 6 N–H and O–H groups in total. The molecule has 60 valence electrons. The van der Waals surface area contributed by atoms with Gasteiger partial charge in [0.2, 0.25) is 0 Å². The van der Waals surface area contributed by atoms with Crippen LogP contribution in [0.2, 0.25) is 0 Å². The Morgan fingerprint density at radius 3 is 2.40 bits per heavy atom. The van der Waals surface area contributed by atoms with Crippen molar-refractivity contribution in [2.24, 2.45) is 16.5 Å². The minimum atomic E-state index is -4.44. The zero-order chi connectivity index (χ0) is 8.20. The molecule has 0 aromatic heterocycles. The van der Waals surface area contributed by atoms with Crippen molar-refractivity contribution in [3.63, 3.8) is 0 Å². The number of nitrogens with two attached hydrogens (primary N) is 2. The summed E-state index contributed by atoms with van der Waals surface area (Å²) in [6.45, 7) is -0.535. The fourth-order valence-corrected chi connectivity index (χ4v) is 0.387. The van der Waals surface area contributed by atoms with E-state index in [1.807, 2.05) is 0 Å². The molecule has 0 bridgehead atoms. The van der Waals surface area contributed by atoms with Crippen LogP contribution in [-0.4, -0.2) is 22.5 Å². The van der Waals surface area contributed by atoms with Gasteiger partial charge in [-0.05, 0) is 0 Å². The lowest BCUT2D eigenvalue weighted by Crippen LogP contribution is -2.23. The molecule has 0 aromatic carbocycles. The van der Waals surface area contributed by atoms with Gasteiger partial charge in [-0.25, -0.2) is 9.56 Å². The summed E-state index contributed by atoms with van der Waals surface area (Å²) in [7, 11) is -4.44. The zero-order valence-electron chi connectivity index (χ0n) is 4.97. The first-order valence-corrected chi connectivity index (χ1v) is 3.70. The lowest BCUT2D eigenvalue weighted by molar-refractivity contribution is 0.203. The van der Waals surface area contributed by atoms with Crippen LogP contribution in [0.3, 0.4) is 0 Å². The van der Waals surface area contributed by atoms with Crippen molar-refractivity contribution in [3.05, 3.63) is 0 Å². The summed E-state index contributed by atoms with van der Waals surface area (Å²) in [5, 5.41) is 0. The monoisotopic (exact) mass is 169 g/mol. The molecule has 0 aromatic rings. The van der Waals surface area contributed by atoms with Crippen molar-refractivity contribution in [1.29, 1.82) is 0 Å². The van der Waals surface area contributed by atoms with Crippen LogP contribution in [0.15, 0.2) is 4.99 Å². The Labute approximate surface area is 56.9 Å². The number of nitrogens with zero attached hydrogens (tertiary/aromatic N) is 1. The molecule has 0 aliphatic carbocycles. The van der Waals surface area contributed by atoms with E-state index in [2.05, 4.69) is 9.52 Å². The zero-order valence-corrected chi connectivity index (χ0v) is 5.86. The fraction of sp³-hybridized carbons (Fsp3) is 0.500. The highest BCUT2D eigenvalue weighted by Crippen LogP contribution is 2.35. The van der Waals surface area contributed by atoms with Gasteiger partial charge in [-0.2, -0.15) is 0 Å². The van der Waals surface area contributed by atoms with Gasteiger partial charge < -0.3 is 21.3 Å². The molecule has 0 unspecified atom stereocenters.